The number of halogens is 3. The summed E-state index contributed by atoms with van der Waals surface area (Å²) in [5, 5.41) is 2.78. The van der Waals surface area contributed by atoms with Crippen LogP contribution in [-0.2, 0) is 11.2 Å². The first kappa shape index (κ1) is 24.1. The molecule has 0 radical (unpaired) electrons. The molecule has 1 aromatic heterocycles. The van der Waals surface area contributed by atoms with E-state index in [4.69, 9.17) is 9.47 Å². The number of benzene rings is 2. The lowest BCUT2D eigenvalue weighted by Gasteiger charge is -2.13. The van der Waals surface area contributed by atoms with Gasteiger partial charge in [-0.3, -0.25) is 9.78 Å². The van der Waals surface area contributed by atoms with Crippen molar-refractivity contribution in [2.45, 2.75) is 32.7 Å². The summed E-state index contributed by atoms with van der Waals surface area (Å²) in [5.74, 6) is -0.253. The van der Waals surface area contributed by atoms with E-state index in [1.165, 1.54) is 18.2 Å². The molecule has 0 fully saturated rings. The standard InChI is InChI=1S/C24H23F3N2O4/c1-15(31-3)12-18-10-11-22(16(2)28-18)23(30)29-17-6-4-7-19(13-17)32-20-8-5-9-21(14-20)33-24(25,26)27/h4-11,13-15H,12H2,1-3H3,(H,29,30). The first-order valence-electron chi connectivity index (χ1n) is 10.1. The predicted molar refractivity (Wildman–Crippen MR) is 117 cm³/mol. The number of hydrogen-bond donors (Lipinski definition) is 1. The number of aromatic nitrogens is 1. The molecule has 0 saturated heterocycles. The van der Waals surface area contributed by atoms with Gasteiger partial charge in [0, 0.05) is 37.0 Å². The highest BCUT2D eigenvalue weighted by atomic mass is 19.4. The van der Waals surface area contributed by atoms with Crippen molar-refractivity contribution in [3.8, 4) is 17.2 Å². The third-order valence-electron chi connectivity index (χ3n) is 4.65. The third-order valence-corrected chi connectivity index (χ3v) is 4.65. The lowest BCUT2D eigenvalue weighted by atomic mass is 10.1. The average molecular weight is 460 g/mol. The van der Waals surface area contributed by atoms with Gasteiger partial charge in [0.1, 0.15) is 17.2 Å². The number of ether oxygens (including phenoxy) is 3. The van der Waals surface area contributed by atoms with Crippen LogP contribution < -0.4 is 14.8 Å². The molecule has 2 aromatic carbocycles. The highest BCUT2D eigenvalue weighted by Crippen LogP contribution is 2.30. The van der Waals surface area contributed by atoms with Gasteiger partial charge >= 0.3 is 6.36 Å². The molecule has 0 saturated carbocycles. The highest BCUT2D eigenvalue weighted by molar-refractivity contribution is 6.05. The molecule has 3 rings (SSSR count). The van der Waals surface area contributed by atoms with Gasteiger partial charge in [0.25, 0.3) is 5.91 Å². The number of amides is 1. The number of carbonyl (C=O) groups is 1. The Bertz CT molecular complexity index is 1120. The van der Waals surface area contributed by atoms with Gasteiger partial charge in [-0.2, -0.15) is 0 Å². The number of nitrogens with zero attached hydrogens (tertiary/aromatic N) is 1. The van der Waals surface area contributed by atoms with Crippen LogP contribution in [0.2, 0.25) is 0 Å². The Morgan fingerprint density at radius 2 is 1.70 bits per heavy atom. The van der Waals surface area contributed by atoms with E-state index in [1.807, 2.05) is 6.92 Å². The van der Waals surface area contributed by atoms with E-state index in [1.54, 1.807) is 50.4 Å². The Hall–Kier alpha value is -3.59. The van der Waals surface area contributed by atoms with E-state index >= 15 is 0 Å². The van der Waals surface area contributed by atoms with Crippen molar-refractivity contribution in [3.05, 3.63) is 77.6 Å². The Morgan fingerprint density at radius 3 is 2.36 bits per heavy atom. The second-order valence-corrected chi connectivity index (χ2v) is 7.29. The largest absolute Gasteiger partial charge is 0.573 e. The Labute approximate surface area is 189 Å². The SMILES string of the molecule is COC(C)Cc1ccc(C(=O)Nc2cccc(Oc3cccc(OC(F)(F)F)c3)c2)c(C)n1. The summed E-state index contributed by atoms with van der Waals surface area (Å²) in [5.41, 5.74) is 2.29. The quantitative estimate of drug-likeness (QED) is 0.453. The second kappa shape index (κ2) is 10.4. The maximum atomic E-state index is 12.7. The van der Waals surface area contributed by atoms with E-state index < -0.39 is 12.1 Å². The zero-order valence-electron chi connectivity index (χ0n) is 18.3. The molecule has 1 heterocycles. The molecular formula is C24H23F3N2O4. The van der Waals surface area contributed by atoms with Crippen molar-refractivity contribution < 1.29 is 32.2 Å². The summed E-state index contributed by atoms with van der Waals surface area (Å²) < 4.78 is 52.0. The molecule has 1 N–H and O–H groups in total. The number of methoxy groups -OCH3 is 1. The molecule has 1 amide bonds. The fourth-order valence-electron chi connectivity index (χ4n) is 3.05. The molecule has 0 bridgehead atoms. The zero-order chi connectivity index (χ0) is 24.0. The van der Waals surface area contributed by atoms with Crippen LogP contribution in [0, 0.1) is 6.92 Å². The molecule has 0 aliphatic rings. The van der Waals surface area contributed by atoms with Crippen LogP contribution in [0.15, 0.2) is 60.7 Å². The summed E-state index contributed by atoms with van der Waals surface area (Å²) in [6.45, 7) is 3.69. The van der Waals surface area contributed by atoms with Gasteiger partial charge in [0.15, 0.2) is 0 Å². The summed E-state index contributed by atoms with van der Waals surface area (Å²) >= 11 is 0. The van der Waals surface area contributed by atoms with Crippen molar-refractivity contribution in [2.75, 3.05) is 12.4 Å². The molecule has 1 atom stereocenters. The fourth-order valence-corrected chi connectivity index (χ4v) is 3.05. The monoisotopic (exact) mass is 460 g/mol. The van der Waals surface area contributed by atoms with Crippen molar-refractivity contribution in [1.29, 1.82) is 0 Å². The Morgan fingerprint density at radius 1 is 1.03 bits per heavy atom. The van der Waals surface area contributed by atoms with Crippen LogP contribution in [0.5, 0.6) is 17.2 Å². The van der Waals surface area contributed by atoms with Crippen LogP contribution in [0.1, 0.15) is 28.7 Å². The van der Waals surface area contributed by atoms with Crippen LogP contribution >= 0.6 is 0 Å². The minimum absolute atomic E-state index is 0.0139. The number of rotatable bonds is 8. The summed E-state index contributed by atoms with van der Waals surface area (Å²) in [7, 11) is 1.63. The number of carbonyl (C=O) groups excluding carboxylic acids is 1. The Kier molecular flexibility index (Phi) is 7.55. The zero-order valence-corrected chi connectivity index (χ0v) is 18.3. The molecule has 0 aliphatic heterocycles. The smallest absolute Gasteiger partial charge is 0.457 e. The van der Waals surface area contributed by atoms with Gasteiger partial charge < -0.3 is 19.5 Å². The van der Waals surface area contributed by atoms with E-state index in [0.717, 1.165) is 11.8 Å². The van der Waals surface area contributed by atoms with Gasteiger partial charge in [-0.1, -0.05) is 12.1 Å². The third kappa shape index (κ3) is 7.21. The molecule has 3 aromatic rings. The summed E-state index contributed by atoms with van der Waals surface area (Å²) in [4.78, 5) is 17.2. The van der Waals surface area contributed by atoms with Gasteiger partial charge in [0.2, 0.25) is 0 Å². The summed E-state index contributed by atoms with van der Waals surface area (Å²) in [6, 6.07) is 15.2. The van der Waals surface area contributed by atoms with Crippen molar-refractivity contribution in [1.82, 2.24) is 4.98 Å². The van der Waals surface area contributed by atoms with Crippen molar-refractivity contribution >= 4 is 11.6 Å². The minimum atomic E-state index is -4.80. The van der Waals surface area contributed by atoms with Crippen LogP contribution in [0.4, 0.5) is 18.9 Å². The number of anilines is 1. The van der Waals surface area contributed by atoms with Crippen molar-refractivity contribution in [3.63, 3.8) is 0 Å². The van der Waals surface area contributed by atoms with E-state index in [0.29, 0.717) is 29.1 Å². The number of hydrogen-bond acceptors (Lipinski definition) is 5. The Balaban J connectivity index is 1.69. The molecule has 0 spiro atoms. The second-order valence-electron chi connectivity index (χ2n) is 7.29. The van der Waals surface area contributed by atoms with Crippen LogP contribution in [-0.4, -0.2) is 30.5 Å². The lowest BCUT2D eigenvalue weighted by Crippen LogP contribution is -2.17. The van der Waals surface area contributed by atoms with Crippen LogP contribution in [0.3, 0.4) is 0 Å². The molecule has 0 aliphatic carbocycles. The lowest BCUT2D eigenvalue weighted by molar-refractivity contribution is -0.274. The molecule has 6 nitrogen and oxygen atoms in total. The van der Waals surface area contributed by atoms with Gasteiger partial charge in [-0.15, -0.1) is 13.2 Å². The normalized spacial score (nSPS) is 12.2. The molecule has 9 heteroatoms. The van der Waals surface area contributed by atoms with Gasteiger partial charge in [-0.25, -0.2) is 0 Å². The maximum absolute atomic E-state index is 12.7. The predicted octanol–water partition coefficient (Wildman–Crippen LogP) is 5.91. The highest BCUT2D eigenvalue weighted by Gasteiger charge is 2.31. The number of nitrogens with one attached hydrogen (secondary N) is 1. The number of alkyl halides is 3. The van der Waals surface area contributed by atoms with Crippen LogP contribution in [0.25, 0.3) is 0 Å². The summed E-state index contributed by atoms with van der Waals surface area (Å²) in [6.07, 6.45) is -4.15. The number of aryl methyl sites for hydroxylation is 1. The van der Waals surface area contributed by atoms with E-state index in [-0.39, 0.29) is 17.8 Å². The first-order valence-corrected chi connectivity index (χ1v) is 10.1. The fraction of sp³-hybridized carbons (Fsp3) is 0.250. The van der Waals surface area contributed by atoms with Gasteiger partial charge in [-0.05, 0) is 50.2 Å². The van der Waals surface area contributed by atoms with Gasteiger partial charge in [0.05, 0.1) is 17.4 Å². The molecular weight excluding hydrogens is 437 g/mol. The topological polar surface area (TPSA) is 69.7 Å². The van der Waals surface area contributed by atoms with Crippen molar-refractivity contribution in [2.24, 2.45) is 0 Å². The molecule has 1 unspecified atom stereocenters. The molecule has 174 valence electrons. The molecule has 33 heavy (non-hydrogen) atoms. The average Bonchev–Trinajstić information content (AvgIpc) is 2.73. The minimum Gasteiger partial charge on any atom is -0.457 e. The maximum Gasteiger partial charge on any atom is 0.573 e. The number of pyridine rings is 1. The van der Waals surface area contributed by atoms with E-state index in [2.05, 4.69) is 15.0 Å². The van der Waals surface area contributed by atoms with E-state index in [9.17, 15) is 18.0 Å². The first-order chi connectivity index (χ1) is 15.6.